The second kappa shape index (κ2) is 14.8. The van der Waals surface area contributed by atoms with E-state index >= 15 is 0 Å². The van der Waals surface area contributed by atoms with Crippen molar-refractivity contribution < 1.29 is 14.5 Å². The number of anilines is 1. The van der Waals surface area contributed by atoms with E-state index in [1.165, 1.54) is 39.5 Å². The van der Waals surface area contributed by atoms with E-state index in [1.807, 2.05) is 42.5 Å². The number of hydrogen-bond donors (Lipinski definition) is 1. The van der Waals surface area contributed by atoms with Crippen LogP contribution in [0.4, 0.5) is 11.4 Å². The predicted molar refractivity (Wildman–Crippen MR) is 243 cm³/mol. The van der Waals surface area contributed by atoms with Gasteiger partial charge in [-0.3, -0.25) is 14.4 Å². The second-order valence-corrected chi connectivity index (χ2v) is 20.0. The Labute approximate surface area is 354 Å². The summed E-state index contributed by atoms with van der Waals surface area (Å²) >= 11 is 4.58. The molecule has 3 aromatic heterocycles. The second-order valence-electron chi connectivity index (χ2n) is 16.8. The van der Waals surface area contributed by atoms with Gasteiger partial charge in [-0.15, -0.1) is 34.0 Å². The molecule has 0 spiro atoms. The average Bonchev–Trinajstić information content (AvgIpc) is 4.06. The zero-order chi connectivity index (χ0) is 41.4. The zero-order valence-electron chi connectivity index (χ0n) is 34.3. The van der Waals surface area contributed by atoms with Crippen molar-refractivity contribution in [3.05, 3.63) is 177 Å². The van der Waals surface area contributed by atoms with Crippen LogP contribution in [0.5, 0.6) is 0 Å². The molecule has 0 bridgehead atoms. The maximum absolute atomic E-state index is 13.7. The molecule has 0 fully saturated rings. The number of thiophene rings is 3. The Balaban J connectivity index is 1.08. The van der Waals surface area contributed by atoms with Gasteiger partial charge < -0.3 is 10.0 Å². The number of fused-ring (bicyclic) bond motifs is 2. The van der Waals surface area contributed by atoms with Gasteiger partial charge in [0.1, 0.15) is 12.3 Å². The predicted octanol–water partition coefficient (Wildman–Crippen LogP) is 9.01. The largest absolute Gasteiger partial charge is 0.506 e. The lowest BCUT2D eigenvalue weighted by atomic mass is 9.80. The number of rotatable bonds is 8. The molecular weight excluding hydrogens is 789 g/mol. The van der Waals surface area contributed by atoms with Crippen molar-refractivity contribution in [1.29, 1.82) is 0 Å². The van der Waals surface area contributed by atoms with Crippen LogP contribution in [0.1, 0.15) is 78.4 Å². The molecule has 0 radical (unpaired) electrons. The number of unbranched alkanes of at least 4 members (excludes halogenated alkanes) is 2. The summed E-state index contributed by atoms with van der Waals surface area (Å²) in [5, 5.41) is 11.9. The van der Waals surface area contributed by atoms with Crippen molar-refractivity contribution in [2.45, 2.75) is 78.1 Å². The molecule has 0 amide bonds. The van der Waals surface area contributed by atoms with E-state index in [2.05, 4.69) is 106 Å². The number of ketones is 1. The van der Waals surface area contributed by atoms with Crippen molar-refractivity contribution in [1.82, 2.24) is 0 Å². The van der Waals surface area contributed by atoms with E-state index in [0.29, 0.717) is 15.7 Å². The van der Waals surface area contributed by atoms with Crippen molar-refractivity contribution >= 4 is 68.5 Å². The summed E-state index contributed by atoms with van der Waals surface area (Å²) < 4.78 is 7.78. The van der Waals surface area contributed by atoms with E-state index in [1.54, 1.807) is 11.3 Å². The molecule has 6 aromatic rings. The minimum Gasteiger partial charge on any atom is -0.506 e. The Hall–Kier alpha value is -5.22. The Morgan fingerprint density at radius 1 is 0.661 bits per heavy atom. The van der Waals surface area contributed by atoms with E-state index in [0.717, 1.165) is 78.5 Å². The molecular formula is C50H47N2O4S3+. The van der Waals surface area contributed by atoms with Gasteiger partial charge in [0.2, 0.25) is 22.3 Å². The fourth-order valence-corrected chi connectivity index (χ4v) is 12.2. The molecule has 5 heterocycles. The van der Waals surface area contributed by atoms with Gasteiger partial charge in [0.05, 0.1) is 27.0 Å². The van der Waals surface area contributed by atoms with Gasteiger partial charge in [-0.05, 0) is 74.4 Å². The highest BCUT2D eigenvalue weighted by Crippen LogP contribution is 2.49. The standard InChI is InChI=1S/C50H46N2O4S3/c1-7-9-25-51-33-17-13-11-15-31(33)49(3,4)41(51)27-29-45(53)43(46(29)54)39-23-21-37(58-39)35-19-20-36(57-35)38-22-24-40(59-38)44-47(55)30(48(44)56)28-42-50(5,6)32-16-12-14-18-34(32)52(42)26-10-8-2/h11-24,27-28H,7-10,25-26H2,1-6H3/p+1. The topological polar surface area (TPSA) is 77.7 Å². The van der Waals surface area contributed by atoms with Crippen molar-refractivity contribution in [2.24, 2.45) is 0 Å². The summed E-state index contributed by atoms with van der Waals surface area (Å²) in [5.74, 6) is -0.0835. The van der Waals surface area contributed by atoms with Gasteiger partial charge in [-0.25, -0.2) is 0 Å². The molecule has 298 valence electrons. The molecule has 1 N–H and O–H groups in total. The van der Waals surface area contributed by atoms with Gasteiger partial charge in [-0.1, -0.05) is 76.9 Å². The maximum Gasteiger partial charge on any atom is 0.209 e. The van der Waals surface area contributed by atoms with Crippen LogP contribution in [0.3, 0.4) is 0 Å². The molecule has 0 saturated heterocycles. The molecule has 9 rings (SSSR count). The number of carbonyl (C=O) groups excluding carboxylic acids is 1. The minimum absolute atomic E-state index is 0.0520. The normalized spacial score (nSPS) is 19.5. The minimum atomic E-state index is -0.329. The van der Waals surface area contributed by atoms with E-state index in [4.69, 9.17) is 0 Å². The molecule has 0 atom stereocenters. The summed E-state index contributed by atoms with van der Waals surface area (Å²) in [6.07, 6.45) is 7.90. The third-order valence-corrected chi connectivity index (χ3v) is 16.0. The van der Waals surface area contributed by atoms with Crippen LogP contribution >= 0.6 is 34.0 Å². The number of carbonyl (C=O) groups is 1. The average molecular weight is 836 g/mol. The molecule has 6 nitrogen and oxygen atoms in total. The molecule has 0 unspecified atom stereocenters. The number of benzene rings is 2. The fourth-order valence-electron chi connectivity index (χ4n) is 8.95. The number of aliphatic hydroxyl groups excluding tert-OH is 1. The first-order valence-corrected chi connectivity index (χ1v) is 23.0. The van der Waals surface area contributed by atoms with Crippen LogP contribution in [-0.4, -0.2) is 34.3 Å². The van der Waals surface area contributed by atoms with Crippen molar-refractivity contribution in [3.63, 3.8) is 0 Å². The SMILES string of the molecule is CCCCN1C(=CC2=C(O)C(=c3ccc(=c4ccc(=c5ccc(=c6c(=O)c(=CC7=[N+](CCCC)c8ccccc8C7(C)C)c6=O)s5)s4)s3)C2=O)C(C)(C)c2ccccc21. The lowest BCUT2D eigenvalue weighted by Gasteiger charge is -2.29. The third kappa shape index (κ3) is 6.23. The van der Waals surface area contributed by atoms with Crippen LogP contribution in [0.25, 0.3) is 11.6 Å². The summed E-state index contributed by atoms with van der Waals surface area (Å²) in [7, 11) is 0. The van der Waals surface area contributed by atoms with Gasteiger partial charge in [0.25, 0.3) is 0 Å². The highest BCUT2D eigenvalue weighted by molar-refractivity contribution is 7.13. The lowest BCUT2D eigenvalue weighted by Crippen LogP contribution is -2.51. The van der Waals surface area contributed by atoms with Gasteiger partial charge in [-0.2, -0.15) is 4.58 Å². The van der Waals surface area contributed by atoms with Gasteiger partial charge in [0.15, 0.2) is 5.71 Å². The van der Waals surface area contributed by atoms with Crippen LogP contribution < -0.4 is 25.5 Å². The third-order valence-electron chi connectivity index (χ3n) is 12.3. The fraction of sp³-hybridized carbons (Fsp3) is 0.280. The highest BCUT2D eigenvalue weighted by Gasteiger charge is 2.45. The van der Waals surface area contributed by atoms with Gasteiger partial charge in [0, 0.05) is 74.7 Å². The lowest BCUT2D eigenvalue weighted by molar-refractivity contribution is -0.437. The highest BCUT2D eigenvalue weighted by atomic mass is 32.1. The molecule has 3 aliphatic rings. The first kappa shape index (κ1) is 39.3. The molecule has 3 aromatic carbocycles. The number of nitrogens with zero attached hydrogens (tertiary/aromatic N) is 2. The molecule has 0 saturated carbocycles. The van der Waals surface area contributed by atoms with Crippen LogP contribution in [-0.2, 0) is 15.6 Å². The zero-order valence-corrected chi connectivity index (χ0v) is 36.7. The molecule has 1 aliphatic carbocycles. The summed E-state index contributed by atoms with van der Waals surface area (Å²) in [6, 6.07) is 28.7. The Morgan fingerprint density at radius 2 is 1.22 bits per heavy atom. The van der Waals surface area contributed by atoms with Crippen LogP contribution in [0.15, 0.2) is 118 Å². The van der Waals surface area contributed by atoms with Crippen LogP contribution in [0.2, 0.25) is 0 Å². The maximum atomic E-state index is 13.7. The van der Waals surface area contributed by atoms with Crippen LogP contribution in [0, 0.1) is 27.9 Å². The first-order valence-electron chi connectivity index (χ1n) is 20.5. The quantitative estimate of drug-likeness (QED) is 0.155. The Morgan fingerprint density at radius 3 is 1.86 bits per heavy atom. The first-order chi connectivity index (χ1) is 28.4. The van der Waals surface area contributed by atoms with Crippen molar-refractivity contribution in [3.8, 4) is 0 Å². The number of allylic oxidation sites excluding steroid dienone is 4. The number of para-hydroxylation sites is 2. The van der Waals surface area contributed by atoms with E-state index < -0.39 is 0 Å². The number of Topliss-reactive ketones (excluding diaryl/α,β-unsaturated/α-hetero) is 1. The number of aliphatic hydroxyl groups is 1. The Bertz CT molecular complexity index is 3320. The van der Waals surface area contributed by atoms with E-state index in [9.17, 15) is 19.5 Å². The molecule has 9 heteroatoms. The molecule has 2 aliphatic heterocycles. The van der Waals surface area contributed by atoms with Gasteiger partial charge >= 0.3 is 0 Å². The molecule has 59 heavy (non-hydrogen) atoms. The smallest absolute Gasteiger partial charge is 0.209 e. The van der Waals surface area contributed by atoms with E-state index in [-0.39, 0.29) is 43.7 Å². The Kier molecular flexibility index (Phi) is 9.85. The monoisotopic (exact) mass is 835 g/mol. The summed E-state index contributed by atoms with van der Waals surface area (Å²) in [5.41, 5.74) is 6.49. The number of hydrogen-bond acceptors (Lipinski definition) is 8. The summed E-state index contributed by atoms with van der Waals surface area (Å²) in [6.45, 7) is 14.7. The van der Waals surface area contributed by atoms with Crippen molar-refractivity contribution in [2.75, 3.05) is 18.0 Å². The summed E-state index contributed by atoms with van der Waals surface area (Å²) in [4.78, 5) is 43.3.